The van der Waals surface area contributed by atoms with Gasteiger partial charge in [-0.05, 0) is 36.2 Å². The zero-order chi connectivity index (χ0) is 18.2. The van der Waals surface area contributed by atoms with Crippen LogP contribution in [0, 0.1) is 0 Å². The predicted octanol–water partition coefficient (Wildman–Crippen LogP) is 2.16. The SMILES string of the molecule is COc1cccc(CCN2CCN(C(=O)NCc3ccccn3)CC2)c1. The number of nitrogens with one attached hydrogen (secondary N) is 1. The van der Waals surface area contributed by atoms with E-state index in [1.54, 1.807) is 13.3 Å². The maximum Gasteiger partial charge on any atom is 0.317 e. The van der Waals surface area contributed by atoms with Gasteiger partial charge in [-0.25, -0.2) is 4.79 Å². The molecule has 0 radical (unpaired) electrons. The fraction of sp³-hybridized carbons (Fsp3) is 0.400. The fourth-order valence-corrected chi connectivity index (χ4v) is 3.07. The van der Waals surface area contributed by atoms with Crippen LogP contribution in [0.1, 0.15) is 11.3 Å². The van der Waals surface area contributed by atoms with Crippen LogP contribution in [0.4, 0.5) is 4.79 Å². The van der Waals surface area contributed by atoms with Crippen LogP contribution in [-0.2, 0) is 13.0 Å². The first-order valence-electron chi connectivity index (χ1n) is 9.02. The number of carbonyl (C=O) groups is 1. The lowest BCUT2D eigenvalue weighted by Gasteiger charge is -2.34. The van der Waals surface area contributed by atoms with Crippen molar-refractivity contribution >= 4 is 6.03 Å². The molecule has 2 amide bonds. The smallest absolute Gasteiger partial charge is 0.317 e. The number of ether oxygens (including phenoxy) is 1. The largest absolute Gasteiger partial charge is 0.497 e. The van der Waals surface area contributed by atoms with Crippen molar-refractivity contribution in [2.45, 2.75) is 13.0 Å². The second kappa shape index (κ2) is 9.20. The zero-order valence-electron chi connectivity index (χ0n) is 15.2. The summed E-state index contributed by atoms with van der Waals surface area (Å²) in [4.78, 5) is 20.8. The second-order valence-corrected chi connectivity index (χ2v) is 6.41. The van der Waals surface area contributed by atoms with Crippen LogP contribution in [0.3, 0.4) is 0 Å². The molecule has 0 atom stereocenters. The van der Waals surface area contributed by atoms with Crippen molar-refractivity contribution < 1.29 is 9.53 Å². The number of hydrogen-bond acceptors (Lipinski definition) is 4. The van der Waals surface area contributed by atoms with Crippen molar-refractivity contribution in [2.24, 2.45) is 0 Å². The van der Waals surface area contributed by atoms with E-state index in [0.717, 1.165) is 50.6 Å². The van der Waals surface area contributed by atoms with Crippen molar-refractivity contribution in [3.05, 3.63) is 59.9 Å². The number of methoxy groups -OCH3 is 1. The Morgan fingerprint density at radius 2 is 2.00 bits per heavy atom. The summed E-state index contributed by atoms with van der Waals surface area (Å²) >= 11 is 0. The van der Waals surface area contributed by atoms with E-state index in [2.05, 4.69) is 27.3 Å². The van der Waals surface area contributed by atoms with Crippen LogP contribution in [0.5, 0.6) is 5.75 Å². The number of pyridine rings is 1. The summed E-state index contributed by atoms with van der Waals surface area (Å²) in [5.41, 5.74) is 2.15. The topological polar surface area (TPSA) is 57.7 Å². The molecule has 0 aliphatic carbocycles. The summed E-state index contributed by atoms with van der Waals surface area (Å²) in [5.74, 6) is 0.900. The summed E-state index contributed by atoms with van der Waals surface area (Å²) in [6, 6.07) is 13.9. The van der Waals surface area contributed by atoms with Crippen molar-refractivity contribution in [1.29, 1.82) is 0 Å². The normalized spacial score (nSPS) is 14.9. The first-order chi connectivity index (χ1) is 12.7. The highest BCUT2D eigenvalue weighted by atomic mass is 16.5. The van der Waals surface area contributed by atoms with E-state index in [1.165, 1.54) is 5.56 Å². The lowest BCUT2D eigenvalue weighted by atomic mass is 10.1. The number of nitrogens with zero attached hydrogens (tertiary/aromatic N) is 3. The van der Waals surface area contributed by atoms with E-state index < -0.39 is 0 Å². The third-order valence-electron chi connectivity index (χ3n) is 4.66. The third-order valence-corrected chi connectivity index (χ3v) is 4.66. The molecule has 0 unspecified atom stereocenters. The average Bonchev–Trinajstić information content (AvgIpc) is 2.72. The maximum absolute atomic E-state index is 12.3. The van der Waals surface area contributed by atoms with Crippen LogP contribution < -0.4 is 10.1 Å². The number of piperazine rings is 1. The molecule has 2 aromatic rings. The van der Waals surface area contributed by atoms with Crippen LogP contribution in [0.25, 0.3) is 0 Å². The molecule has 3 rings (SSSR count). The van der Waals surface area contributed by atoms with E-state index in [9.17, 15) is 4.79 Å². The molecule has 1 aliphatic rings. The minimum absolute atomic E-state index is 0.0110. The quantitative estimate of drug-likeness (QED) is 0.864. The molecule has 0 saturated carbocycles. The molecule has 6 heteroatoms. The van der Waals surface area contributed by atoms with E-state index >= 15 is 0 Å². The van der Waals surface area contributed by atoms with E-state index in [4.69, 9.17) is 4.74 Å². The van der Waals surface area contributed by atoms with Gasteiger partial charge in [0.2, 0.25) is 0 Å². The van der Waals surface area contributed by atoms with Gasteiger partial charge in [0.15, 0.2) is 0 Å². The molecule has 6 nitrogen and oxygen atoms in total. The molecular weight excluding hydrogens is 328 g/mol. The summed E-state index contributed by atoms with van der Waals surface area (Å²) in [6.07, 6.45) is 2.73. The summed E-state index contributed by atoms with van der Waals surface area (Å²) in [5, 5.41) is 2.95. The van der Waals surface area contributed by atoms with Crippen molar-refractivity contribution in [3.8, 4) is 5.75 Å². The Bertz CT molecular complexity index is 700. The molecule has 0 spiro atoms. The minimum atomic E-state index is -0.0110. The standard InChI is InChI=1S/C20H26N4O2/c1-26-19-7-4-5-17(15-19)8-10-23-11-13-24(14-12-23)20(25)22-16-18-6-2-3-9-21-18/h2-7,9,15H,8,10-14,16H2,1H3,(H,22,25). The lowest BCUT2D eigenvalue weighted by Crippen LogP contribution is -2.51. The van der Waals surface area contributed by atoms with Gasteiger partial charge in [0, 0.05) is 38.9 Å². The van der Waals surface area contributed by atoms with Gasteiger partial charge in [0.1, 0.15) is 5.75 Å². The van der Waals surface area contributed by atoms with Crippen molar-refractivity contribution in [3.63, 3.8) is 0 Å². The van der Waals surface area contributed by atoms with Gasteiger partial charge in [-0.3, -0.25) is 9.88 Å². The Balaban J connectivity index is 1.38. The van der Waals surface area contributed by atoms with Gasteiger partial charge in [-0.15, -0.1) is 0 Å². The highest BCUT2D eigenvalue weighted by molar-refractivity contribution is 5.74. The van der Waals surface area contributed by atoms with E-state index in [1.807, 2.05) is 35.2 Å². The van der Waals surface area contributed by atoms with E-state index in [-0.39, 0.29) is 6.03 Å². The number of urea groups is 1. The Morgan fingerprint density at radius 3 is 2.73 bits per heavy atom. The molecule has 0 bridgehead atoms. The van der Waals surface area contributed by atoms with Gasteiger partial charge in [0.05, 0.1) is 19.3 Å². The Labute approximate surface area is 154 Å². The Morgan fingerprint density at radius 1 is 1.15 bits per heavy atom. The third kappa shape index (κ3) is 5.20. The van der Waals surface area contributed by atoms with Gasteiger partial charge >= 0.3 is 6.03 Å². The molecule has 1 saturated heterocycles. The summed E-state index contributed by atoms with van der Waals surface area (Å²) in [6.45, 7) is 4.78. The van der Waals surface area contributed by atoms with Crippen LogP contribution in [0.15, 0.2) is 48.7 Å². The zero-order valence-corrected chi connectivity index (χ0v) is 15.2. The summed E-state index contributed by atoms with van der Waals surface area (Å²) in [7, 11) is 1.69. The fourth-order valence-electron chi connectivity index (χ4n) is 3.07. The number of benzene rings is 1. The Hall–Kier alpha value is -2.60. The molecular formula is C20H26N4O2. The first-order valence-corrected chi connectivity index (χ1v) is 9.02. The number of rotatable bonds is 6. The molecule has 1 aliphatic heterocycles. The second-order valence-electron chi connectivity index (χ2n) is 6.41. The molecule has 1 fully saturated rings. The summed E-state index contributed by atoms with van der Waals surface area (Å²) < 4.78 is 5.27. The Kier molecular flexibility index (Phi) is 6.44. The lowest BCUT2D eigenvalue weighted by molar-refractivity contribution is 0.140. The van der Waals surface area contributed by atoms with Crippen molar-refractivity contribution in [2.75, 3.05) is 39.8 Å². The van der Waals surface area contributed by atoms with Gasteiger partial charge < -0.3 is 15.0 Å². The predicted molar refractivity (Wildman–Crippen MR) is 101 cm³/mol. The maximum atomic E-state index is 12.3. The highest BCUT2D eigenvalue weighted by Crippen LogP contribution is 2.13. The van der Waals surface area contributed by atoms with Crippen LogP contribution in [0.2, 0.25) is 0 Å². The first kappa shape index (κ1) is 18.2. The molecule has 138 valence electrons. The number of carbonyl (C=O) groups excluding carboxylic acids is 1. The van der Waals surface area contributed by atoms with Crippen molar-refractivity contribution in [1.82, 2.24) is 20.1 Å². The number of hydrogen-bond donors (Lipinski definition) is 1. The van der Waals surface area contributed by atoms with Gasteiger partial charge in [-0.2, -0.15) is 0 Å². The molecule has 1 aromatic carbocycles. The van der Waals surface area contributed by atoms with Gasteiger partial charge in [-0.1, -0.05) is 18.2 Å². The van der Waals surface area contributed by atoms with Gasteiger partial charge in [0.25, 0.3) is 0 Å². The molecule has 1 aromatic heterocycles. The van der Waals surface area contributed by atoms with Crippen LogP contribution >= 0.6 is 0 Å². The molecule has 2 heterocycles. The van der Waals surface area contributed by atoms with Crippen LogP contribution in [-0.4, -0.2) is 60.6 Å². The highest BCUT2D eigenvalue weighted by Gasteiger charge is 2.20. The monoisotopic (exact) mass is 354 g/mol. The number of aromatic nitrogens is 1. The average molecular weight is 354 g/mol. The van der Waals surface area contributed by atoms with E-state index in [0.29, 0.717) is 6.54 Å². The number of amides is 2. The molecule has 1 N–H and O–H groups in total. The minimum Gasteiger partial charge on any atom is -0.497 e. The molecule has 26 heavy (non-hydrogen) atoms.